The monoisotopic (exact) mass is 306 g/mol. The van der Waals surface area contributed by atoms with Gasteiger partial charge in [-0.1, -0.05) is 11.3 Å². The lowest BCUT2D eigenvalue weighted by atomic mass is 9.99. The van der Waals surface area contributed by atoms with Gasteiger partial charge in [0.1, 0.15) is 0 Å². The number of aromatic nitrogens is 3. The largest absolute Gasteiger partial charge is 0.466 e. The molecule has 0 aromatic carbocycles. The average molecular weight is 306 g/mol. The zero-order valence-corrected chi connectivity index (χ0v) is 12.8. The van der Waals surface area contributed by atoms with E-state index < -0.39 is 0 Å². The molecule has 1 aliphatic rings. The second-order valence-corrected chi connectivity index (χ2v) is 5.93. The number of nitrogens with zero attached hydrogens (tertiary/aromatic N) is 4. The van der Waals surface area contributed by atoms with Gasteiger partial charge in [0.15, 0.2) is 0 Å². The van der Waals surface area contributed by atoms with Crippen molar-refractivity contribution in [2.24, 2.45) is 5.92 Å². The van der Waals surface area contributed by atoms with Crippen LogP contribution in [0.2, 0.25) is 0 Å². The van der Waals surface area contributed by atoms with Crippen LogP contribution in [-0.2, 0) is 9.53 Å². The summed E-state index contributed by atoms with van der Waals surface area (Å²) in [6.45, 7) is 3.86. The van der Waals surface area contributed by atoms with Crippen molar-refractivity contribution < 1.29 is 9.53 Å². The van der Waals surface area contributed by atoms with Crippen LogP contribution in [0.5, 0.6) is 0 Å². The number of hydrogen-bond donors (Lipinski definition) is 0. The molecule has 0 saturated carbocycles. The number of hydrogen-bond acceptors (Lipinski definition) is 6. The first-order chi connectivity index (χ1) is 10.3. The van der Waals surface area contributed by atoms with E-state index in [1.807, 2.05) is 36.0 Å². The first-order valence-corrected chi connectivity index (χ1v) is 7.98. The van der Waals surface area contributed by atoms with Crippen LogP contribution in [0, 0.1) is 5.92 Å². The molecule has 112 valence electrons. The van der Waals surface area contributed by atoms with Crippen molar-refractivity contribution >= 4 is 22.4 Å². The maximum Gasteiger partial charge on any atom is 0.310 e. The van der Waals surface area contributed by atoms with Gasteiger partial charge in [0.05, 0.1) is 12.5 Å². The molecule has 2 aromatic rings. The Kier molecular flexibility index (Phi) is 4.19. The van der Waals surface area contributed by atoms with Gasteiger partial charge in [-0.3, -0.25) is 9.36 Å². The molecule has 0 radical (unpaired) electrons. The third kappa shape index (κ3) is 3.07. The van der Waals surface area contributed by atoms with Gasteiger partial charge in [0, 0.05) is 25.5 Å². The molecule has 1 fully saturated rings. The molecule has 3 rings (SSSR count). The molecule has 1 atom stereocenters. The van der Waals surface area contributed by atoms with Crippen molar-refractivity contribution in [3.63, 3.8) is 0 Å². The fourth-order valence-corrected chi connectivity index (χ4v) is 3.35. The molecule has 7 heteroatoms. The van der Waals surface area contributed by atoms with E-state index in [1.54, 1.807) is 0 Å². The Balaban J connectivity index is 1.70. The molecular weight excluding hydrogens is 288 g/mol. The Morgan fingerprint density at radius 3 is 2.90 bits per heavy atom. The number of anilines is 1. The lowest BCUT2D eigenvalue weighted by Gasteiger charge is -2.30. The minimum Gasteiger partial charge on any atom is -0.466 e. The summed E-state index contributed by atoms with van der Waals surface area (Å²) in [5.41, 5.74) is 0. The Bertz CT molecular complexity index is 596. The summed E-state index contributed by atoms with van der Waals surface area (Å²) in [4.78, 5) is 14.0. The molecule has 0 bridgehead atoms. The van der Waals surface area contributed by atoms with Crippen LogP contribution >= 0.6 is 11.3 Å². The standard InChI is InChI=1S/C14H18N4O2S/c1-2-20-12(19)11-6-5-9-18(10-11)14-16-15-13(21-14)17-7-3-4-8-17/h3-4,7-8,11H,2,5-6,9-10H2,1H3/t11-/m1/s1. The molecule has 6 nitrogen and oxygen atoms in total. The van der Waals surface area contributed by atoms with Gasteiger partial charge >= 0.3 is 5.97 Å². The van der Waals surface area contributed by atoms with E-state index in [0.29, 0.717) is 13.2 Å². The lowest BCUT2D eigenvalue weighted by Crippen LogP contribution is -2.39. The fraction of sp³-hybridized carbons (Fsp3) is 0.500. The maximum absolute atomic E-state index is 11.9. The number of carbonyl (C=O) groups is 1. The molecule has 21 heavy (non-hydrogen) atoms. The van der Waals surface area contributed by atoms with Crippen LogP contribution in [-0.4, -0.2) is 40.4 Å². The number of ether oxygens (including phenoxy) is 1. The minimum atomic E-state index is -0.0997. The van der Waals surface area contributed by atoms with E-state index in [0.717, 1.165) is 29.6 Å². The summed E-state index contributed by atoms with van der Waals surface area (Å²) >= 11 is 1.54. The topological polar surface area (TPSA) is 60.2 Å². The third-order valence-corrected chi connectivity index (χ3v) is 4.54. The van der Waals surface area contributed by atoms with Crippen LogP contribution in [0.1, 0.15) is 19.8 Å². The highest BCUT2D eigenvalue weighted by molar-refractivity contribution is 7.17. The van der Waals surface area contributed by atoms with Crippen LogP contribution in [0.15, 0.2) is 24.5 Å². The normalized spacial score (nSPS) is 18.7. The number of esters is 1. The second kappa shape index (κ2) is 6.26. The SMILES string of the molecule is CCOC(=O)[C@@H]1CCCN(c2nnc(-n3cccc3)s2)C1. The number of rotatable bonds is 4. The van der Waals surface area contributed by atoms with Crippen LogP contribution < -0.4 is 4.90 Å². The Morgan fingerprint density at radius 2 is 2.14 bits per heavy atom. The zero-order chi connectivity index (χ0) is 14.7. The lowest BCUT2D eigenvalue weighted by molar-refractivity contribution is -0.148. The van der Waals surface area contributed by atoms with Crippen molar-refractivity contribution in [2.75, 3.05) is 24.6 Å². The van der Waals surface area contributed by atoms with Crippen molar-refractivity contribution in [3.05, 3.63) is 24.5 Å². The fourth-order valence-electron chi connectivity index (χ4n) is 2.51. The number of carbonyl (C=O) groups excluding carboxylic acids is 1. The van der Waals surface area contributed by atoms with Crippen molar-refractivity contribution in [1.82, 2.24) is 14.8 Å². The van der Waals surface area contributed by atoms with Gasteiger partial charge in [-0.05, 0) is 31.9 Å². The van der Waals surface area contributed by atoms with Gasteiger partial charge in [-0.2, -0.15) is 0 Å². The van der Waals surface area contributed by atoms with E-state index in [9.17, 15) is 4.79 Å². The molecule has 0 amide bonds. The van der Waals surface area contributed by atoms with E-state index >= 15 is 0 Å². The summed E-state index contributed by atoms with van der Waals surface area (Å²) in [7, 11) is 0. The Hall–Kier alpha value is -1.89. The number of piperidine rings is 1. The molecule has 0 aliphatic carbocycles. The Labute approximate surface area is 127 Å². The van der Waals surface area contributed by atoms with Gasteiger partial charge in [0.25, 0.3) is 0 Å². The smallest absolute Gasteiger partial charge is 0.310 e. The highest BCUT2D eigenvalue weighted by atomic mass is 32.1. The molecule has 0 unspecified atom stereocenters. The van der Waals surface area contributed by atoms with Gasteiger partial charge in [-0.15, -0.1) is 10.2 Å². The molecular formula is C14H18N4O2S. The van der Waals surface area contributed by atoms with Gasteiger partial charge in [-0.25, -0.2) is 0 Å². The average Bonchev–Trinajstić information content (AvgIpc) is 3.18. The predicted octanol–water partition coefficient (Wildman–Crippen LogP) is 2.11. The Morgan fingerprint density at radius 1 is 1.38 bits per heavy atom. The summed E-state index contributed by atoms with van der Waals surface area (Å²) in [5, 5.41) is 10.2. The highest BCUT2D eigenvalue weighted by Gasteiger charge is 2.28. The molecule has 0 spiro atoms. The molecule has 0 N–H and O–H groups in total. The van der Waals surface area contributed by atoms with Gasteiger partial charge < -0.3 is 9.64 Å². The van der Waals surface area contributed by atoms with Gasteiger partial charge in [0.2, 0.25) is 10.3 Å². The first kappa shape index (κ1) is 14.1. The zero-order valence-electron chi connectivity index (χ0n) is 11.9. The summed E-state index contributed by atoms with van der Waals surface area (Å²) in [5.74, 6) is -0.157. The van der Waals surface area contributed by atoms with Crippen LogP contribution in [0.25, 0.3) is 5.13 Å². The summed E-state index contributed by atoms with van der Waals surface area (Å²) in [6.07, 6.45) is 5.75. The minimum absolute atomic E-state index is 0.0578. The summed E-state index contributed by atoms with van der Waals surface area (Å²) < 4.78 is 7.07. The highest BCUT2D eigenvalue weighted by Crippen LogP contribution is 2.28. The summed E-state index contributed by atoms with van der Waals surface area (Å²) in [6, 6.07) is 3.91. The van der Waals surface area contributed by atoms with E-state index in [-0.39, 0.29) is 11.9 Å². The van der Waals surface area contributed by atoms with Crippen molar-refractivity contribution in [3.8, 4) is 5.13 Å². The molecule has 1 saturated heterocycles. The maximum atomic E-state index is 11.9. The third-order valence-electron chi connectivity index (χ3n) is 3.54. The second-order valence-electron chi connectivity index (χ2n) is 4.99. The molecule has 1 aliphatic heterocycles. The first-order valence-electron chi connectivity index (χ1n) is 7.16. The van der Waals surface area contributed by atoms with Crippen molar-refractivity contribution in [1.29, 1.82) is 0 Å². The molecule has 3 heterocycles. The van der Waals surface area contributed by atoms with E-state index in [1.165, 1.54) is 11.3 Å². The van der Waals surface area contributed by atoms with Crippen LogP contribution in [0.4, 0.5) is 5.13 Å². The van der Waals surface area contributed by atoms with Crippen LogP contribution in [0.3, 0.4) is 0 Å². The van der Waals surface area contributed by atoms with E-state index in [4.69, 9.17) is 4.74 Å². The van der Waals surface area contributed by atoms with Crippen molar-refractivity contribution in [2.45, 2.75) is 19.8 Å². The van der Waals surface area contributed by atoms with E-state index in [2.05, 4.69) is 15.1 Å². The quantitative estimate of drug-likeness (QED) is 0.810. The predicted molar refractivity (Wildman–Crippen MR) is 80.8 cm³/mol. The molecule has 2 aromatic heterocycles.